The van der Waals surface area contributed by atoms with Crippen LogP contribution in [-0.2, 0) is 0 Å². The van der Waals surface area contributed by atoms with E-state index in [1.807, 2.05) is 31.5 Å². The molecule has 1 heterocycles. The Hall–Kier alpha value is -2.98. The maximum atomic E-state index is 12.8. The van der Waals surface area contributed by atoms with E-state index in [1.54, 1.807) is 24.3 Å². The molecule has 7 heteroatoms. The number of aromatic nitrogens is 1. The van der Waals surface area contributed by atoms with Gasteiger partial charge in [-0.05, 0) is 49.6 Å². The van der Waals surface area contributed by atoms with Gasteiger partial charge in [-0.25, -0.2) is 4.99 Å². The van der Waals surface area contributed by atoms with E-state index in [4.69, 9.17) is 10.00 Å². The second kappa shape index (κ2) is 7.28. The molecule has 0 saturated carbocycles. The van der Waals surface area contributed by atoms with Crippen LogP contribution < -0.4 is 15.5 Å². The molecule has 0 atom stereocenters. The third-order valence-corrected chi connectivity index (χ3v) is 4.23. The fourth-order valence-corrected chi connectivity index (χ4v) is 2.90. The Labute approximate surface area is 148 Å². The lowest BCUT2D eigenvalue weighted by Gasteiger charge is -2.07. The first kappa shape index (κ1) is 16.9. The van der Waals surface area contributed by atoms with Crippen LogP contribution in [0.4, 0.5) is 5.69 Å². The van der Waals surface area contributed by atoms with Gasteiger partial charge in [0.15, 0.2) is 16.8 Å². The van der Waals surface area contributed by atoms with Gasteiger partial charge in [0.1, 0.15) is 5.75 Å². The SMILES string of the molecule is CCOc1ccc2[nH]c3cc(N=C(NC#N)SC)ccc3c(=O)c2c1. The third-order valence-electron chi connectivity index (χ3n) is 3.65. The van der Waals surface area contributed by atoms with Crippen LogP contribution in [0, 0.1) is 11.5 Å². The number of fused-ring (bicyclic) bond motifs is 2. The van der Waals surface area contributed by atoms with Gasteiger partial charge in [-0.15, -0.1) is 0 Å². The van der Waals surface area contributed by atoms with Crippen molar-refractivity contribution < 1.29 is 4.74 Å². The van der Waals surface area contributed by atoms with Crippen molar-refractivity contribution in [3.8, 4) is 11.9 Å². The summed E-state index contributed by atoms with van der Waals surface area (Å²) in [4.78, 5) is 20.4. The van der Waals surface area contributed by atoms with Crippen LogP contribution in [0.2, 0.25) is 0 Å². The molecule has 0 aliphatic rings. The second-order valence-corrected chi connectivity index (χ2v) is 5.98. The number of aromatic amines is 1. The lowest BCUT2D eigenvalue weighted by atomic mass is 10.1. The molecular weight excluding hydrogens is 336 g/mol. The maximum Gasteiger partial charge on any atom is 0.197 e. The zero-order valence-electron chi connectivity index (χ0n) is 13.8. The average molecular weight is 352 g/mol. The number of benzene rings is 2. The topological polar surface area (TPSA) is 90.3 Å². The number of pyridine rings is 1. The molecule has 1 aromatic heterocycles. The van der Waals surface area contributed by atoms with Crippen molar-refractivity contribution in [2.24, 2.45) is 4.99 Å². The number of thioether (sulfide) groups is 1. The molecule has 0 unspecified atom stereocenters. The predicted octanol–water partition coefficient (Wildman–Crippen LogP) is 3.50. The zero-order chi connectivity index (χ0) is 17.8. The summed E-state index contributed by atoms with van der Waals surface area (Å²) < 4.78 is 5.47. The number of nitriles is 1. The Bertz CT molecular complexity index is 1070. The summed E-state index contributed by atoms with van der Waals surface area (Å²) in [5.41, 5.74) is 2.03. The van der Waals surface area contributed by atoms with Crippen molar-refractivity contribution >= 4 is 44.4 Å². The minimum Gasteiger partial charge on any atom is -0.494 e. The molecule has 0 aliphatic heterocycles. The van der Waals surface area contributed by atoms with Crippen LogP contribution in [0.3, 0.4) is 0 Å². The number of ether oxygens (including phenoxy) is 1. The molecule has 6 nitrogen and oxygen atoms in total. The first-order valence-electron chi connectivity index (χ1n) is 7.66. The van der Waals surface area contributed by atoms with Crippen LogP contribution in [0.5, 0.6) is 5.75 Å². The summed E-state index contributed by atoms with van der Waals surface area (Å²) in [6, 6.07) is 10.7. The Morgan fingerprint density at radius 3 is 2.84 bits per heavy atom. The quantitative estimate of drug-likeness (QED) is 0.247. The zero-order valence-corrected chi connectivity index (χ0v) is 14.6. The highest BCUT2D eigenvalue weighted by atomic mass is 32.2. The lowest BCUT2D eigenvalue weighted by Crippen LogP contribution is -2.12. The highest BCUT2D eigenvalue weighted by Crippen LogP contribution is 2.23. The monoisotopic (exact) mass is 352 g/mol. The van der Waals surface area contributed by atoms with Gasteiger partial charge in [0.05, 0.1) is 23.3 Å². The van der Waals surface area contributed by atoms with E-state index in [9.17, 15) is 4.79 Å². The normalized spacial score (nSPS) is 11.5. The molecule has 25 heavy (non-hydrogen) atoms. The van der Waals surface area contributed by atoms with Crippen LogP contribution in [0.15, 0.2) is 46.2 Å². The number of aliphatic imine (C=N–C) groups is 1. The summed E-state index contributed by atoms with van der Waals surface area (Å²) in [5.74, 6) is 0.674. The lowest BCUT2D eigenvalue weighted by molar-refractivity contribution is 0.340. The Kier molecular flexibility index (Phi) is 4.91. The van der Waals surface area contributed by atoms with Crippen molar-refractivity contribution in [3.05, 3.63) is 46.6 Å². The summed E-state index contributed by atoms with van der Waals surface area (Å²) in [7, 11) is 0. The molecule has 0 aliphatic carbocycles. The number of rotatable bonds is 3. The van der Waals surface area contributed by atoms with Gasteiger partial charge in [-0.1, -0.05) is 11.8 Å². The standard InChI is InChI=1S/C18H16N4O2S/c1-3-24-12-5-7-15-14(9-12)17(23)13-6-4-11(8-16(13)22-15)21-18(25-2)20-10-19/h4-9H,3H2,1-2H3,(H,20,21)(H,22,23). The van der Waals surface area contributed by atoms with Crippen molar-refractivity contribution in [1.29, 1.82) is 5.26 Å². The molecule has 3 aromatic rings. The molecule has 0 radical (unpaired) electrons. The number of nitrogens with one attached hydrogen (secondary N) is 2. The van der Waals surface area contributed by atoms with Crippen molar-refractivity contribution in [2.75, 3.05) is 12.9 Å². The Morgan fingerprint density at radius 1 is 1.28 bits per heavy atom. The van der Waals surface area contributed by atoms with Crippen molar-refractivity contribution in [3.63, 3.8) is 0 Å². The Morgan fingerprint density at radius 2 is 2.12 bits per heavy atom. The van der Waals surface area contributed by atoms with E-state index in [-0.39, 0.29) is 5.43 Å². The minimum atomic E-state index is -0.0546. The van der Waals surface area contributed by atoms with Crippen LogP contribution >= 0.6 is 11.8 Å². The third kappa shape index (κ3) is 3.44. The summed E-state index contributed by atoms with van der Waals surface area (Å²) >= 11 is 1.34. The molecule has 2 aromatic carbocycles. The first-order chi connectivity index (χ1) is 12.2. The van der Waals surface area contributed by atoms with E-state index in [2.05, 4.69) is 15.3 Å². The van der Waals surface area contributed by atoms with E-state index in [1.165, 1.54) is 11.8 Å². The van der Waals surface area contributed by atoms with E-state index in [0.717, 1.165) is 5.52 Å². The highest BCUT2D eigenvalue weighted by Gasteiger charge is 2.08. The number of nitrogens with zero attached hydrogens (tertiary/aromatic N) is 2. The molecule has 2 N–H and O–H groups in total. The predicted molar refractivity (Wildman–Crippen MR) is 103 cm³/mol. The minimum absolute atomic E-state index is 0.0546. The van der Waals surface area contributed by atoms with E-state index < -0.39 is 0 Å². The van der Waals surface area contributed by atoms with Gasteiger partial charge < -0.3 is 9.72 Å². The van der Waals surface area contributed by atoms with Crippen LogP contribution in [0.1, 0.15) is 6.92 Å². The number of H-pyrrole nitrogens is 1. The van der Waals surface area contributed by atoms with Crippen molar-refractivity contribution in [2.45, 2.75) is 6.92 Å². The molecule has 0 bridgehead atoms. The Balaban J connectivity index is 2.15. The van der Waals surface area contributed by atoms with Gasteiger partial charge in [-0.3, -0.25) is 10.1 Å². The maximum absolute atomic E-state index is 12.8. The van der Waals surface area contributed by atoms with Gasteiger partial charge in [0.2, 0.25) is 0 Å². The van der Waals surface area contributed by atoms with Crippen LogP contribution in [-0.4, -0.2) is 23.0 Å². The molecule has 0 spiro atoms. The number of hydrogen-bond donors (Lipinski definition) is 2. The van der Waals surface area contributed by atoms with E-state index in [0.29, 0.717) is 39.5 Å². The highest BCUT2D eigenvalue weighted by molar-refractivity contribution is 8.13. The van der Waals surface area contributed by atoms with Gasteiger partial charge in [0, 0.05) is 10.8 Å². The fraction of sp³-hybridized carbons (Fsp3) is 0.167. The molecule has 0 amide bonds. The number of amidine groups is 1. The van der Waals surface area contributed by atoms with Gasteiger partial charge >= 0.3 is 0 Å². The molecule has 126 valence electrons. The van der Waals surface area contributed by atoms with Crippen molar-refractivity contribution in [1.82, 2.24) is 10.3 Å². The number of hydrogen-bond acceptors (Lipinski definition) is 5. The first-order valence-corrected chi connectivity index (χ1v) is 8.89. The van der Waals surface area contributed by atoms with Gasteiger partial charge in [0.25, 0.3) is 0 Å². The molecular formula is C18H16N4O2S. The molecule has 0 saturated heterocycles. The smallest absolute Gasteiger partial charge is 0.197 e. The van der Waals surface area contributed by atoms with Crippen LogP contribution in [0.25, 0.3) is 21.8 Å². The summed E-state index contributed by atoms with van der Waals surface area (Å²) in [5, 5.41) is 12.9. The molecule has 0 fully saturated rings. The summed E-state index contributed by atoms with van der Waals surface area (Å²) in [6.07, 6.45) is 3.68. The largest absolute Gasteiger partial charge is 0.494 e. The van der Waals surface area contributed by atoms with E-state index >= 15 is 0 Å². The average Bonchev–Trinajstić information content (AvgIpc) is 2.62. The second-order valence-electron chi connectivity index (χ2n) is 5.18. The summed E-state index contributed by atoms with van der Waals surface area (Å²) in [6.45, 7) is 2.45. The molecule has 3 rings (SSSR count). The van der Waals surface area contributed by atoms with Gasteiger partial charge in [-0.2, -0.15) is 5.26 Å². The fourth-order valence-electron chi connectivity index (χ4n) is 2.56.